The first kappa shape index (κ1) is 18.5. The quantitative estimate of drug-likeness (QED) is 0.731. The van der Waals surface area contributed by atoms with Gasteiger partial charge in [-0.05, 0) is 31.2 Å². The number of amides is 2. The molecule has 2 N–H and O–H groups in total. The van der Waals surface area contributed by atoms with Gasteiger partial charge in [0.25, 0.3) is 11.8 Å². The minimum Gasteiger partial charge on any atom is -0.467 e. The summed E-state index contributed by atoms with van der Waals surface area (Å²) >= 11 is 5.92. The fourth-order valence-electron chi connectivity index (χ4n) is 1.89. The molecular formula is C17H17ClN2O5. The molecule has 1 aromatic heterocycles. The molecule has 2 rings (SSSR count). The number of benzene rings is 1. The maximum atomic E-state index is 12.1. The monoisotopic (exact) mass is 364 g/mol. The lowest BCUT2D eigenvalue weighted by molar-refractivity contribution is -0.150. The van der Waals surface area contributed by atoms with E-state index in [1.54, 1.807) is 30.3 Å². The Hall–Kier alpha value is -2.80. The van der Waals surface area contributed by atoms with Gasteiger partial charge in [-0.25, -0.2) is 4.79 Å². The summed E-state index contributed by atoms with van der Waals surface area (Å²) in [7, 11) is 0. The molecule has 1 unspecified atom stereocenters. The third-order valence-electron chi connectivity index (χ3n) is 3.21. The molecule has 7 nitrogen and oxygen atoms in total. The maximum absolute atomic E-state index is 12.1. The number of esters is 1. The summed E-state index contributed by atoms with van der Waals surface area (Å²) in [4.78, 5) is 35.5. The molecule has 0 aliphatic carbocycles. The van der Waals surface area contributed by atoms with Crippen molar-refractivity contribution >= 4 is 29.4 Å². The standard InChI is InChI=1S/C17H17ClN2O5/c1-11(20-16(22)13-6-2-3-7-14(13)18)17(23)25-10-15(21)19-9-12-5-4-8-24-12/h2-8,11H,9-10H2,1H3,(H,19,21)(H,20,22). The highest BCUT2D eigenvalue weighted by Crippen LogP contribution is 2.14. The van der Waals surface area contributed by atoms with Crippen LogP contribution in [-0.2, 0) is 20.9 Å². The summed E-state index contributed by atoms with van der Waals surface area (Å²) in [6.07, 6.45) is 1.49. The van der Waals surface area contributed by atoms with E-state index < -0.39 is 30.4 Å². The lowest BCUT2D eigenvalue weighted by Crippen LogP contribution is -2.41. The minimum atomic E-state index is -0.929. The van der Waals surface area contributed by atoms with E-state index >= 15 is 0 Å². The Labute approximate surface area is 149 Å². The van der Waals surface area contributed by atoms with Crippen molar-refractivity contribution < 1.29 is 23.5 Å². The maximum Gasteiger partial charge on any atom is 0.328 e. The number of ether oxygens (including phenoxy) is 1. The molecule has 2 aromatic rings. The molecule has 1 aromatic carbocycles. The lowest BCUT2D eigenvalue weighted by Gasteiger charge is -2.13. The molecule has 132 valence electrons. The third kappa shape index (κ3) is 5.65. The van der Waals surface area contributed by atoms with E-state index in [0.29, 0.717) is 5.76 Å². The van der Waals surface area contributed by atoms with Gasteiger partial charge >= 0.3 is 5.97 Å². The van der Waals surface area contributed by atoms with Gasteiger partial charge in [-0.3, -0.25) is 9.59 Å². The third-order valence-corrected chi connectivity index (χ3v) is 3.53. The predicted molar refractivity (Wildman–Crippen MR) is 89.9 cm³/mol. The van der Waals surface area contributed by atoms with Crippen LogP contribution in [0, 0.1) is 0 Å². The van der Waals surface area contributed by atoms with Crippen LogP contribution in [0.4, 0.5) is 0 Å². The zero-order valence-electron chi connectivity index (χ0n) is 13.5. The van der Waals surface area contributed by atoms with Crippen molar-refractivity contribution in [3.05, 3.63) is 59.0 Å². The van der Waals surface area contributed by atoms with E-state index in [4.69, 9.17) is 20.8 Å². The summed E-state index contributed by atoms with van der Waals surface area (Å²) in [6.45, 7) is 1.20. The van der Waals surface area contributed by atoms with Crippen LogP contribution in [-0.4, -0.2) is 30.4 Å². The molecule has 25 heavy (non-hydrogen) atoms. The van der Waals surface area contributed by atoms with Crippen molar-refractivity contribution in [2.24, 2.45) is 0 Å². The van der Waals surface area contributed by atoms with Gasteiger partial charge in [0.1, 0.15) is 11.8 Å². The summed E-state index contributed by atoms with van der Waals surface area (Å²) in [5.41, 5.74) is 0.250. The zero-order valence-corrected chi connectivity index (χ0v) is 14.2. The molecule has 1 heterocycles. The Morgan fingerprint density at radius 2 is 1.96 bits per heavy atom. The topological polar surface area (TPSA) is 97.6 Å². The van der Waals surface area contributed by atoms with Gasteiger partial charge < -0.3 is 19.8 Å². The molecule has 1 atom stereocenters. The van der Waals surface area contributed by atoms with E-state index in [2.05, 4.69) is 10.6 Å². The first-order chi connectivity index (χ1) is 12.0. The van der Waals surface area contributed by atoms with Crippen LogP contribution in [0.2, 0.25) is 5.02 Å². The van der Waals surface area contributed by atoms with Crippen molar-refractivity contribution in [1.29, 1.82) is 0 Å². The van der Waals surface area contributed by atoms with E-state index in [-0.39, 0.29) is 17.1 Å². The number of hydrogen-bond donors (Lipinski definition) is 2. The van der Waals surface area contributed by atoms with E-state index in [1.165, 1.54) is 19.3 Å². The molecule has 0 fully saturated rings. The fourth-order valence-corrected chi connectivity index (χ4v) is 2.11. The number of carbonyl (C=O) groups is 3. The van der Waals surface area contributed by atoms with Crippen LogP contribution >= 0.6 is 11.6 Å². The normalized spacial score (nSPS) is 11.4. The van der Waals surface area contributed by atoms with Gasteiger partial charge in [0.05, 0.1) is 23.4 Å². The second-order valence-electron chi connectivity index (χ2n) is 5.14. The highest BCUT2D eigenvalue weighted by molar-refractivity contribution is 6.33. The van der Waals surface area contributed by atoms with Crippen LogP contribution < -0.4 is 10.6 Å². The van der Waals surface area contributed by atoms with Gasteiger partial charge in [-0.2, -0.15) is 0 Å². The van der Waals surface area contributed by atoms with E-state index in [1.807, 2.05) is 0 Å². The summed E-state index contributed by atoms with van der Waals surface area (Å²) in [5.74, 6) is -1.12. The molecule has 0 saturated carbocycles. The number of rotatable bonds is 7. The number of carbonyl (C=O) groups excluding carboxylic acids is 3. The summed E-state index contributed by atoms with van der Waals surface area (Å²) in [6, 6.07) is 8.94. The lowest BCUT2D eigenvalue weighted by atomic mass is 10.2. The zero-order chi connectivity index (χ0) is 18.2. The minimum absolute atomic E-state index is 0.197. The average Bonchev–Trinajstić information content (AvgIpc) is 3.11. The van der Waals surface area contributed by atoms with Gasteiger partial charge in [-0.15, -0.1) is 0 Å². The van der Waals surface area contributed by atoms with Crippen molar-refractivity contribution in [2.75, 3.05) is 6.61 Å². The first-order valence-corrected chi connectivity index (χ1v) is 7.86. The Balaban J connectivity index is 1.75. The van der Waals surface area contributed by atoms with Gasteiger partial charge in [0.15, 0.2) is 6.61 Å². The SMILES string of the molecule is CC(NC(=O)c1ccccc1Cl)C(=O)OCC(=O)NCc1ccco1. The Morgan fingerprint density at radius 3 is 2.64 bits per heavy atom. The van der Waals surface area contributed by atoms with Gasteiger partial charge in [-0.1, -0.05) is 23.7 Å². The van der Waals surface area contributed by atoms with Crippen LogP contribution in [0.25, 0.3) is 0 Å². The molecule has 0 spiro atoms. The fraction of sp³-hybridized carbons (Fsp3) is 0.235. The smallest absolute Gasteiger partial charge is 0.328 e. The van der Waals surface area contributed by atoms with E-state index in [9.17, 15) is 14.4 Å². The van der Waals surface area contributed by atoms with E-state index in [0.717, 1.165) is 0 Å². The number of hydrogen-bond acceptors (Lipinski definition) is 5. The van der Waals surface area contributed by atoms with Crippen LogP contribution in [0.5, 0.6) is 0 Å². The molecule has 2 amide bonds. The highest BCUT2D eigenvalue weighted by atomic mass is 35.5. The number of furan rings is 1. The molecule has 8 heteroatoms. The van der Waals surface area contributed by atoms with Crippen LogP contribution in [0.3, 0.4) is 0 Å². The van der Waals surface area contributed by atoms with Gasteiger partial charge in [0.2, 0.25) is 0 Å². The number of nitrogens with one attached hydrogen (secondary N) is 2. The number of halogens is 1. The first-order valence-electron chi connectivity index (χ1n) is 7.48. The van der Waals surface area contributed by atoms with Crippen LogP contribution in [0.15, 0.2) is 47.1 Å². The Kier molecular flexibility index (Phi) is 6.59. The second-order valence-corrected chi connectivity index (χ2v) is 5.55. The van der Waals surface area contributed by atoms with Crippen LogP contribution in [0.1, 0.15) is 23.0 Å². The molecule has 0 aliphatic rings. The summed E-state index contributed by atoms with van der Waals surface area (Å²) in [5, 5.41) is 5.28. The van der Waals surface area contributed by atoms with Crippen molar-refractivity contribution in [3.63, 3.8) is 0 Å². The molecule has 0 radical (unpaired) electrons. The van der Waals surface area contributed by atoms with Crippen molar-refractivity contribution in [1.82, 2.24) is 10.6 Å². The van der Waals surface area contributed by atoms with Crippen molar-refractivity contribution in [2.45, 2.75) is 19.5 Å². The summed E-state index contributed by atoms with van der Waals surface area (Å²) < 4.78 is 9.94. The largest absolute Gasteiger partial charge is 0.467 e. The highest BCUT2D eigenvalue weighted by Gasteiger charge is 2.20. The molecule has 0 bridgehead atoms. The Morgan fingerprint density at radius 1 is 1.20 bits per heavy atom. The molecule has 0 saturated heterocycles. The second kappa shape index (κ2) is 8.89. The molecular weight excluding hydrogens is 348 g/mol. The Bertz CT molecular complexity index is 745. The molecule has 0 aliphatic heterocycles. The average molecular weight is 365 g/mol. The predicted octanol–water partition coefficient (Wildman–Crippen LogP) is 1.91. The van der Waals surface area contributed by atoms with Gasteiger partial charge in [0, 0.05) is 0 Å². The van der Waals surface area contributed by atoms with Crippen molar-refractivity contribution in [3.8, 4) is 0 Å².